The molecule has 0 aromatic carbocycles. The van der Waals surface area contributed by atoms with E-state index in [1.165, 1.54) is 0 Å². The summed E-state index contributed by atoms with van der Waals surface area (Å²) in [5.41, 5.74) is 6.29. The molecule has 6 heteroatoms. The Kier molecular flexibility index (Phi) is 4.19. The van der Waals surface area contributed by atoms with E-state index >= 15 is 0 Å². The van der Waals surface area contributed by atoms with Crippen molar-refractivity contribution in [3.63, 3.8) is 0 Å². The first-order valence-electron chi connectivity index (χ1n) is 8.28. The molecule has 2 bridgehead atoms. The number of rotatable bonds is 3. The van der Waals surface area contributed by atoms with Gasteiger partial charge in [-0.3, -0.25) is 0 Å². The van der Waals surface area contributed by atoms with Crippen LogP contribution in [0.3, 0.4) is 0 Å². The molecule has 2 fully saturated rings. The lowest BCUT2D eigenvalue weighted by atomic mass is 10.2. The molecule has 126 valence electrons. The number of anilines is 1. The fourth-order valence-corrected chi connectivity index (χ4v) is 3.39. The number of nitrogens with two attached hydrogens (primary N) is 1. The Morgan fingerprint density at radius 3 is 2.65 bits per heavy atom. The predicted molar refractivity (Wildman–Crippen MR) is 89.5 cm³/mol. The Labute approximate surface area is 137 Å². The molecule has 3 rings (SSSR count). The van der Waals surface area contributed by atoms with Crippen molar-refractivity contribution in [2.45, 2.75) is 51.3 Å². The minimum absolute atomic E-state index is 0.198. The quantitative estimate of drug-likeness (QED) is 0.920. The molecule has 2 saturated heterocycles. The largest absolute Gasteiger partial charge is 0.444 e. The summed E-state index contributed by atoms with van der Waals surface area (Å²) >= 11 is 0. The summed E-state index contributed by atoms with van der Waals surface area (Å²) in [6.45, 7) is 7.88. The minimum Gasteiger partial charge on any atom is -0.444 e. The number of pyridine rings is 1. The lowest BCUT2D eigenvalue weighted by molar-refractivity contribution is 0.0214. The van der Waals surface area contributed by atoms with Gasteiger partial charge in [-0.15, -0.1) is 0 Å². The van der Waals surface area contributed by atoms with E-state index in [1.54, 1.807) is 0 Å². The zero-order valence-corrected chi connectivity index (χ0v) is 14.2. The van der Waals surface area contributed by atoms with Crippen molar-refractivity contribution in [1.29, 1.82) is 0 Å². The highest BCUT2D eigenvalue weighted by atomic mass is 16.6. The maximum atomic E-state index is 12.3. The molecule has 1 aromatic heterocycles. The second-order valence-corrected chi connectivity index (χ2v) is 7.39. The van der Waals surface area contributed by atoms with Gasteiger partial charge >= 0.3 is 6.09 Å². The van der Waals surface area contributed by atoms with Crippen molar-refractivity contribution in [3.05, 3.63) is 23.9 Å². The van der Waals surface area contributed by atoms with E-state index in [2.05, 4.69) is 22.0 Å². The monoisotopic (exact) mass is 318 g/mol. The second kappa shape index (κ2) is 6.00. The Balaban J connectivity index is 1.63. The zero-order chi connectivity index (χ0) is 16.6. The second-order valence-electron chi connectivity index (χ2n) is 7.39. The van der Waals surface area contributed by atoms with Gasteiger partial charge in [0.1, 0.15) is 11.4 Å². The van der Waals surface area contributed by atoms with E-state index in [0.29, 0.717) is 19.1 Å². The fourth-order valence-electron chi connectivity index (χ4n) is 3.39. The van der Waals surface area contributed by atoms with Crippen LogP contribution in [0.2, 0.25) is 0 Å². The van der Waals surface area contributed by atoms with Crippen molar-refractivity contribution in [3.8, 4) is 0 Å². The summed E-state index contributed by atoms with van der Waals surface area (Å²) in [5.74, 6) is 0.988. The maximum Gasteiger partial charge on any atom is 0.410 e. The number of hydrogen-bond donors (Lipinski definition) is 1. The lowest BCUT2D eigenvalue weighted by Crippen LogP contribution is -2.50. The van der Waals surface area contributed by atoms with Crippen LogP contribution in [-0.4, -0.2) is 53.3 Å². The summed E-state index contributed by atoms with van der Waals surface area (Å²) in [4.78, 5) is 21.0. The number of likely N-dealkylation sites (tertiary alicyclic amines) is 1. The first-order chi connectivity index (χ1) is 10.9. The van der Waals surface area contributed by atoms with E-state index in [4.69, 9.17) is 10.5 Å². The van der Waals surface area contributed by atoms with Crippen LogP contribution in [0, 0.1) is 0 Å². The number of piperazine rings is 1. The molecule has 0 radical (unpaired) electrons. The van der Waals surface area contributed by atoms with Crippen molar-refractivity contribution in [2.75, 3.05) is 24.5 Å². The Morgan fingerprint density at radius 2 is 2.13 bits per heavy atom. The number of fused-ring (bicyclic) bond motifs is 2. The number of ether oxygens (including phenoxy) is 1. The van der Waals surface area contributed by atoms with Crippen LogP contribution in [0.5, 0.6) is 0 Å². The molecule has 23 heavy (non-hydrogen) atoms. The van der Waals surface area contributed by atoms with Gasteiger partial charge in [-0.1, -0.05) is 6.07 Å². The third kappa shape index (κ3) is 3.42. The van der Waals surface area contributed by atoms with Gasteiger partial charge in [0.2, 0.25) is 0 Å². The Hall–Kier alpha value is -1.82. The number of amides is 1. The van der Waals surface area contributed by atoms with E-state index in [-0.39, 0.29) is 12.1 Å². The molecule has 2 aliphatic heterocycles. The summed E-state index contributed by atoms with van der Waals surface area (Å²) in [7, 11) is 0. The summed E-state index contributed by atoms with van der Waals surface area (Å²) in [6.07, 6.45) is 3.55. The van der Waals surface area contributed by atoms with Gasteiger partial charge in [-0.2, -0.15) is 0 Å². The maximum absolute atomic E-state index is 12.3. The van der Waals surface area contributed by atoms with Crippen LogP contribution in [0.1, 0.15) is 32.8 Å². The SMILES string of the molecule is CC(C)(C)OC(=O)N1C[C@@H]2C[C@H]1CN2c1ccc(CCN)cn1. The molecule has 0 aliphatic carbocycles. The number of hydrogen-bond acceptors (Lipinski definition) is 5. The van der Waals surface area contributed by atoms with Crippen molar-refractivity contribution < 1.29 is 9.53 Å². The van der Waals surface area contributed by atoms with E-state index in [9.17, 15) is 4.79 Å². The molecular weight excluding hydrogens is 292 g/mol. The molecule has 1 amide bonds. The highest BCUT2D eigenvalue weighted by Crippen LogP contribution is 2.34. The molecule has 6 nitrogen and oxygen atoms in total. The van der Waals surface area contributed by atoms with Gasteiger partial charge in [0, 0.05) is 19.3 Å². The van der Waals surface area contributed by atoms with Gasteiger partial charge in [0.25, 0.3) is 0 Å². The highest BCUT2D eigenvalue weighted by molar-refractivity contribution is 5.70. The molecule has 0 saturated carbocycles. The highest BCUT2D eigenvalue weighted by Gasteiger charge is 2.46. The number of carbonyl (C=O) groups is 1. The van der Waals surface area contributed by atoms with E-state index < -0.39 is 5.60 Å². The Bertz CT molecular complexity index is 567. The Morgan fingerprint density at radius 1 is 1.35 bits per heavy atom. The number of aromatic nitrogens is 1. The molecule has 3 heterocycles. The van der Waals surface area contributed by atoms with Crippen molar-refractivity contribution in [1.82, 2.24) is 9.88 Å². The van der Waals surface area contributed by atoms with Crippen LogP contribution in [0.4, 0.5) is 10.6 Å². The fraction of sp³-hybridized carbons (Fsp3) is 0.647. The van der Waals surface area contributed by atoms with Crippen molar-refractivity contribution in [2.24, 2.45) is 5.73 Å². The van der Waals surface area contributed by atoms with Crippen LogP contribution in [0.15, 0.2) is 18.3 Å². The number of nitrogens with zero attached hydrogens (tertiary/aromatic N) is 3. The van der Waals surface area contributed by atoms with Crippen LogP contribution in [0.25, 0.3) is 0 Å². The molecule has 1 aromatic rings. The van der Waals surface area contributed by atoms with Crippen LogP contribution < -0.4 is 10.6 Å². The first kappa shape index (κ1) is 16.1. The third-order valence-electron chi connectivity index (χ3n) is 4.40. The topological polar surface area (TPSA) is 71.7 Å². The average molecular weight is 318 g/mol. The lowest BCUT2D eigenvalue weighted by Gasteiger charge is -2.35. The van der Waals surface area contributed by atoms with Crippen LogP contribution in [-0.2, 0) is 11.2 Å². The average Bonchev–Trinajstić information content (AvgIpc) is 3.07. The van der Waals surface area contributed by atoms with E-state index in [0.717, 1.165) is 30.8 Å². The molecular formula is C17H26N4O2. The molecule has 2 N–H and O–H groups in total. The normalized spacial score (nSPS) is 23.5. The molecule has 2 aliphatic rings. The third-order valence-corrected chi connectivity index (χ3v) is 4.40. The standard InChI is InChI=1S/C17H26N4O2/c1-17(2,3)23-16(22)21-11-13-8-14(21)10-20(13)15-5-4-12(6-7-18)9-19-15/h4-5,9,13-14H,6-8,10-11,18H2,1-3H3/t13-,14-/m0/s1. The summed E-state index contributed by atoms with van der Waals surface area (Å²) < 4.78 is 5.50. The van der Waals surface area contributed by atoms with Crippen molar-refractivity contribution >= 4 is 11.9 Å². The van der Waals surface area contributed by atoms with Gasteiger partial charge in [0.05, 0.1) is 12.1 Å². The zero-order valence-electron chi connectivity index (χ0n) is 14.2. The van der Waals surface area contributed by atoms with Gasteiger partial charge in [-0.05, 0) is 51.8 Å². The van der Waals surface area contributed by atoms with Gasteiger partial charge in [-0.25, -0.2) is 9.78 Å². The minimum atomic E-state index is -0.445. The van der Waals surface area contributed by atoms with Gasteiger partial charge in [0.15, 0.2) is 0 Å². The van der Waals surface area contributed by atoms with Crippen LogP contribution >= 0.6 is 0 Å². The molecule has 0 unspecified atom stereocenters. The molecule has 0 spiro atoms. The molecule has 2 atom stereocenters. The van der Waals surface area contributed by atoms with Gasteiger partial charge < -0.3 is 20.3 Å². The smallest absolute Gasteiger partial charge is 0.410 e. The number of carbonyl (C=O) groups excluding carboxylic acids is 1. The first-order valence-corrected chi connectivity index (χ1v) is 8.28. The summed E-state index contributed by atoms with van der Waals surface area (Å²) in [6, 6.07) is 4.71. The summed E-state index contributed by atoms with van der Waals surface area (Å²) in [5, 5.41) is 0. The predicted octanol–water partition coefficient (Wildman–Crippen LogP) is 1.78. The van der Waals surface area contributed by atoms with E-state index in [1.807, 2.05) is 31.9 Å².